The van der Waals surface area contributed by atoms with Crippen molar-refractivity contribution >= 4 is 17.9 Å². The van der Waals surface area contributed by atoms with Crippen LogP contribution in [0.15, 0.2) is 30.3 Å². The summed E-state index contributed by atoms with van der Waals surface area (Å²) >= 11 is 0. The number of ether oxygens (including phenoxy) is 2. The Morgan fingerprint density at radius 3 is 1.57 bits per heavy atom. The Balaban J connectivity index is 0. The quantitative estimate of drug-likeness (QED) is 0.162. The van der Waals surface area contributed by atoms with Crippen LogP contribution in [0.25, 0.3) is 0 Å². The number of esters is 2. The Labute approximate surface area is 313 Å². The van der Waals surface area contributed by atoms with Gasteiger partial charge in [-0.05, 0) is 141 Å². The summed E-state index contributed by atoms with van der Waals surface area (Å²) in [5.74, 6) is 1.36. The van der Waals surface area contributed by atoms with Crippen molar-refractivity contribution in [3.8, 4) is 0 Å². The molecule has 0 aromatic heterocycles. The standard InChI is InChI=1S/C16H23NO2.C11H21NO2.C9H17NO2.3C2H6/c1-2-19-16(18)12-14-8-10-17(11-9-14)13-15-6-4-3-5-7-15;1-2-14-11(13)5-3-4-10-6-8-12-9-7-10;11-9(12)3-1-2-8-4-6-10-7-5-8;3*1-2/h3-7,14H,2,8-13H2,1H3;10,12H,2-9H2,1H3;8,10H,1-7H2,(H,11,12);3*1-2H3. The molecule has 0 aliphatic carbocycles. The normalized spacial score (nSPS) is 16.3. The lowest BCUT2D eigenvalue weighted by molar-refractivity contribution is -0.145. The first kappa shape index (κ1) is 50.6. The smallest absolute Gasteiger partial charge is 0.306 e. The van der Waals surface area contributed by atoms with Crippen LogP contribution in [0.1, 0.15) is 144 Å². The summed E-state index contributed by atoms with van der Waals surface area (Å²) in [6.45, 7) is 24.4. The third kappa shape index (κ3) is 29.8. The number of nitrogens with one attached hydrogen (secondary N) is 2. The number of carboxylic acid groups (broad SMARTS) is 1. The molecule has 9 nitrogen and oxygen atoms in total. The molecule has 3 heterocycles. The predicted octanol–water partition coefficient (Wildman–Crippen LogP) is 8.89. The molecule has 0 radical (unpaired) electrons. The number of likely N-dealkylation sites (tertiary alicyclic amines) is 1. The van der Waals surface area contributed by atoms with Gasteiger partial charge in [-0.2, -0.15) is 0 Å². The minimum Gasteiger partial charge on any atom is -0.481 e. The van der Waals surface area contributed by atoms with Crippen LogP contribution in [0.4, 0.5) is 0 Å². The van der Waals surface area contributed by atoms with E-state index in [-0.39, 0.29) is 11.9 Å². The van der Waals surface area contributed by atoms with Crippen molar-refractivity contribution < 1.29 is 29.0 Å². The maximum Gasteiger partial charge on any atom is 0.306 e. The molecule has 9 heteroatoms. The van der Waals surface area contributed by atoms with Gasteiger partial charge in [0.05, 0.1) is 13.2 Å². The molecule has 0 spiro atoms. The highest BCUT2D eigenvalue weighted by molar-refractivity contribution is 5.69. The maximum absolute atomic E-state index is 11.4. The molecule has 3 aliphatic heterocycles. The fraction of sp³-hybridized carbons (Fsp3) is 0.786. The number of hydrogen-bond acceptors (Lipinski definition) is 8. The van der Waals surface area contributed by atoms with E-state index in [2.05, 4.69) is 45.9 Å². The number of carbonyl (C=O) groups is 3. The van der Waals surface area contributed by atoms with Crippen LogP contribution in [0.3, 0.4) is 0 Å². The van der Waals surface area contributed by atoms with Crippen LogP contribution in [0, 0.1) is 17.8 Å². The number of piperidine rings is 3. The molecule has 0 atom stereocenters. The van der Waals surface area contributed by atoms with Crippen molar-refractivity contribution in [2.45, 2.75) is 145 Å². The van der Waals surface area contributed by atoms with E-state index < -0.39 is 5.97 Å². The van der Waals surface area contributed by atoms with Gasteiger partial charge in [0.2, 0.25) is 0 Å². The van der Waals surface area contributed by atoms with E-state index in [0.29, 0.717) is 38.4 Å². The van der Waals surface area contributed by atoms with Gasteiger partial charge < -0.3 is 25.2 Å². The van der Waals surface area contributed by atoms with Gasteiger partial charge in [0.15, 0.2) is 0 Å². The highest BCUT2D eigenvalue weighted by Gasteiger charge is 2.22. The Bertz CT molecular complexity index is 912. The monoisotopic (exact) mass is 722 g/mol. The molecule has 4 rings (SSSR count). The van der Waals surface area contributed by atoms with Crippen LogP contribution in [-0.2, 0) is 30.4 Å². The van der Waals surface area contributed by atoms with Crippen LogP contribution in [0.5, 0.6) is 0 Å². The molecule has 1 aromatic carbocycles. The summed E-state index contributed by atoms with van der Waals surface area (Å²) in [5, 5.41) is 15.1. The van der Waals surface area contributed by atoms with Gasteiger partial charge in [-0.3, -0.25) is 19.3 Å². The highest BCUT2D eigenvalue weighted by atomic mass is 16.5. The predicted molar refractivity (Wildman–Crippen MR) is 213 cm³/mol. The molecule has 0 saturated carbocycles. The first-order valence-corrected chi connectivity index (χ1v) is 20.6. The molecular weight excluding hydrogens is 642 g/mol. The topological polar surface area (TPSA) is 117 Å². The Morgan fingerprint density at radius 2 is 1.12 bits per heavy atom. The summed E-state index contributed by atoms with van der Waals surface area (Å²) in [5.41, 5.74) is 1.37. The lowest BCUT2D eigenvalue weighted by Crippen LogP contribution is -2.34. The third-order valence-corrected chi connectivity index (χ3v) is 8.94. The van der Waals surface area contributed by atoms with Crippen molar-refractivity contribution in [3.05, 3.63) is 35.9 Å². The van der Waals surface area contributed by atoms with Crippen molar-refractivity contribution in [2.24, 2.45) is 17.8 Å². The van der Waals surface area contributed by atoms with Crippen LogP contribution in [0.2, 0.25) is 0 Å². The zero-order valence-corrected chi connectivity index (χ0v) is 34.1. The Morgan fingerprint density at radius 1 is 0.667 bits per heavy atom. The second-order valence-corrected chi connectivity index (χ2v) is 12.6. The molecule has 3 fully saturated rings. The van der Waals surface area contributed by atoms with Gasteiger partial charge in [-0.1, -0.05) is 71.9 Å². The third-order valence-electron chi connectivity index (χ3n) is 8.94. The SMILES string of the molecule is CC.CC.CC.CCOC(=O)CC1CCN(Cc2ccccc2)CC1.CCOC(=O)CCCC1CCNCC1.O=C(O)CCCC1CCNCC1. The molecule has 298 valence electrons. The highest BCUT2D eigenvalue weighted by Crippen LogP contribution is 2.22. The van der Waals surface area contributed by atoms with Gasteiger partial charge in [0, 0.05) is 25.8 Å². The van der Waals surface area contributed by atoms with Gasteiger partial charge in [-0.25, -0.2) is 0 Å². The number of nitrogens with zero attached hydrogens (tertiary/aromatic N) is 1. The largest absolute Gasteiger partial charge is 0.481 e. The summed E-state index contributed by atoms with van der Waals surface area (Å²) in [4.78, 5) is 35.2. The summed E-state index contributed by atoms with van der Waals surface area (Å²) in [7, 11) is 0. The number of rotatable bonds is 14. The minimum atomic E-state index is -0.663. The van der Waals surface area contributed by atoms with Crippen LogP contribution < -0.4 is 10.6 Å². The van der Waals surface area contributed by atoms with Crippen molar-refractivity contribution in [2.75, 3.05) is 52.5 Å². The molecule has 0 amide bonds. The summed E-state index contributed by atoms with van der Waals surface area (Å²) in [6, 6.07) is 10.6. The van der Waals surface area contributed by atoms with E-state index in [4.69, 9.17) is 14.6 Å². The summed E-state index contributed by atoms with van der Waals surface area (Å²) < 4.78 is 9.89. The zero-order valence-electron chi connectivity index (χ0n) is 34.1. The average Bonchev–Trinajstić information content (AvgIpc) is 3.17. The number of carbonyl (C=O) groups excluding carboxylic acids is 2. The molecule has 51 heavy (non-hydrogen) atoms. The molecular formula is C42H79N3O6. The molecule has 3 N–H and O–H groups in total. The average molecular weight is 722 g/mol. The second kappa shape index (κ2) is 37.3. The maximum atomic E-state index is 11.4. The molecule has 1 aromatic rings. The summed E-state index contributed by atoms with van der Waals surface area (Å²) in [6.07, 6.45) is 12.8. The number of benzene rings is 1. The van der Waals surface area contributed by atoms with Gasteiger partial charge in [0.1, 0.15) is 0 Å². The molecule has 3 aliphatic rings. The molecule has 0 unspecified atom stereocenters. The first-order valence-electron chi connectivity index (χ1n) is 20.6. The van der Waals surface area contributed by atoms with Crippen molar-refractivity contribution in [1.29, 1.82) is 0 Å². The van der Waals surface area contributed by atoms with E-state index in [1.54, 1.807) is 0 Å². The van der Waals surface area contributed by atoms with E-state index in [0.717, 1.165) is 89.8 Å². The van der Waals surface area contributed by atoms with Gasteiger partial charge >= 0.3 is 17.9 Å². The Hall–Kier alpha value is -2.49. The van der Waals surface area contributed by atoms with E-state index in [1.165, 1.54) is 37.7 Å². The number of hydrogen-bond donors (Lipinski definition) is 3. The van der Waals surface area contributed by atoms with Crippen molar-refractivity contribution in [3.63, 3.8) is 0 Å². The lowest BCUT2D eigenvalue weighted by Gasteiger charge is -2.31. The van der Waals surface area contributed by atoms with E-state index >= 15 is 0 Å². The zero-order chi connectivity index (χ0) is 38.5. The minimum absolute atomic E-state index is 0.0380. The van der Waals surface area contributed by atoms with Crippen molar-refractivity contribution in [1.82, 2.24) is 15.5 Å². The lowest BCUT2D eigenvalue weighted by atomic mass is 9.92. The fourth-order valence-electron chi connectivity index (χ4n) is 6.30. The van der Waals surface area contributed by atoms with Gasteiger partial charge in [0.25, 0.3) is 0 Å². The second-order valence-electron chi connectivity index (χ2n) is 12.6. The first-order chi connectivity index (χ1) is 24.9. The van der Waals surface area contributed by atoms with E-state index in [1.807, 2.05) is 55.4 Å². The molecule has 3 saturated heterocycles. The van der Waals surface area contributed by atoms with Crippen LogP contribution in [-0.4, -0.2) is 80.4 Å². The van der Waals surface area contributed by atoms with Gasteiger partial charge in [-0.15, -0.1) is 0 Å². The fourth-order valence-corrected chi connectivity index (χ4v) is 6.30. The number of carboxylic acids is 1. The number of aliphatic carboxylic acids is 1. The molecule has 0 bridgehead atoms. The van der Waals surface area contributed by atoms with Crippen LogP contribution >= 0.6 is 0 Å². The Kier molecular flexibility index (Phi) is 37.0. The van der Waals surface area contributed by atoms with E-state index in [9.17, 15) is 14.4 Å².